The third kappa shape index (κ3) is 4.34. The van der Waals surface area contributed by atoms with Gasteiger partial charge < -0.3 is 10.2 Å². The Morgan fingerprint density at radius 2 is 2.11 bits per heavy atom. The Kier molecular flexibility index (Phi) is 5.89. The molecule has 28 heavy (non-hydrogen) atoms. The molecule has 10 heteroatoms. The fourth-order valence-electron chi connectivity index (χ4n) is 3.14. The topological polar surface area (TPSA) is 79.2 Å². The largest absolute Gasteiger partial charge is 0.322 e. The lowest BCUT2D eigenvalue weighted by Gasteiger charge is -2.34. The number of rotatable bonds is 5. The van der Waals surface area contributed by atoms with Crippen LogP contribution in [0.3, 0.4) is 0 Å². The van der Waals surface area contributed by atoms with E-state index in [1.165, 1.54) is 17.3 Å². The first-order valence-corrected chi connectivity index (χ1v) is 11.1. The number of thioether (sulfide) groups is 1. The monoisotopic (exact) mass is 415 g/mol. The van der Waals surface area contributed by atoms with Gasteiger partial charge in [-0.2, -0.15) is 16.0 Å². The number of urea groups is 1. The predicted octanol–water partition coefficient (Wildman–Crippen LogP) is 2.80. The van der Waals surface area contributed by atoms with E-state index in [9.17, 15) is 4.79 Å². The van der Waals surface area contributed by atoms with E-state index in [1.54, 1.807) is 16.0 Å². The molecule has 1 aromatic carbocycles. The molecule has 4 rings (SSSR count). The minimum atomic E-state index is -0.0749. The van der Waals surface area contributed by atoms with Gasteiger partial charge in [-0.15, -0.1) is 5.10 Å². The Bertz CT molecular complexity index is 920. The number of carbonyl (C=O) groups excluding carboxylic acids is 1. The molecule has 0 atom stereocenters. The van der Waals surface area contributed by atoms with Crippen LogP contribution < -0.4 is 5.32 Å². The zero-order valence-corrected chi connectivity index (χ0v) is 17.1. The van der Waals surface area contributed by atoms with Crippen molar-refractivity contribution in [2.24, 2.45) is 0 Å². The standard InChI is InChI=1S/C18H21N7OS2/c1-27-18-20-21-22-25(18)16-4-2-3-15(11-16)19-17(26)24-8-6-23(7-9-24)12-14-5-10-28-13-14/h2-5,10-11,13H,6-9,12H2,1H3,(H,19,26). The van der Waals surface area contributed by atoms with Gasteiger partial charge in [-0.05, 0) is 57.3 Å². The zero-order chi connectivity index (χ0) is 19.3. The van der Waals surface area contributed by atoms with Crippen LogP contribution in [0.5, 0.6) is 0 Å². The van der Waals surface area contributed by atoms with Crippen molar-refractivity contribution >= 4 is 34.8 Å². The fourth-order valence-corrected chi connectivity index (χ4v) is 4.23. The van der Waals surface area contributed by atoms with Crippen LogP contribution in [0.4, 0.5) is 10.5 Å². The maximum absolute atomic E-state index is 12.7. The Morgan fingerprint density at radius 1 is 1.25 bits per heavy atom. The summed E-state index contributed by atoms with van der Waals surface area (Å²) in [6.45, 7) is 4.15. The highest BCUT2D eigenvalue weighted by atomic mass is 32.2. The minimum Gasteiger partial charge on any atom is -0.322 e. The summed E-state index contributed by atoms with van der Waals surface area (Å²) in [6.07, 6.45) is 1.92. The molecule has 3 heterocycles. The smallest absolute Gasteiger partial charge is 0.321 e. The normalized spacial score (nSPS) is 15.0. The van der Waals surface area contributed by atoms with Gasteiger partial charge in [0.05, 0.1) is 5.69 Å². The number of hydrogen-bond acceptors (Lipinski definition) is 7. The van der Waals surface area contributed by atoms with Crippen molar-refractivity contribution in [1.29, 1.82) is 0 Å². The molecule has 0 bridgehead atoms. The number of nitrogens with zero attached hydrogens (tertiary/aromatic N) is 6. The molecule has 0 spiro atoms. The van der Waals surface area contributed by atoms with Gasteiger partial charge in [-0.1, -0.05) is 17.8 Å². The van der Waals surface area contributed by atoms with E-state index in [0.717, 1.165) is 44.1 Å². The first-order valence-electron chi connectivity index (χ1n) is 8.95. The molecule has 8 nitrogen and oxygen atoms in total. The Labute approximate surface area is 171 Å². The third-order valence-corrected chi connectivity index (χ3v) is 5.96. The Balaban J connectivity index is 1.35. The summed E-state index contributed by atoms with van der Waals surface area (Å²) in [5.41, 5.74) is 2.88. The molecule has 146 valence electrons. The maximum atomic E-state index is 12.7. The van der Waals surface area contributed by atoms with Gasteiger partial charge in [-0.25, -0.2) is 4.79 Å². The molecule has 1 saturated heterocycles. The zero-order valence-electron chi connectivity index (χ0n) is 15.5. The number of aromatic nitrogens is 4. The number of tetrazole rings is 1. The summed E-state index contributed by atoms with van der Waals surface area (Å²) in [4.78, 5) is 16.9. The van der Waals surface area contributed by atoms with E-state index < -0.39 is 0 Å². The first kappa shape index (κ1) is 18.9. The van der Waals surface area contributed by atoms with Gasteiger partial charge in [0.1, 0.15) is 0 Å². The van der Waals surface area contributed by atoms with Crippen molar-refractivity contribution in [2.75, 3.05) is 37.8 Å². The Hall–Kier alpha value is -2.43. The second kappa shape index (κ2) is 8.72. The number of anilines is 1. The number of amides is 2. The lowest BCUT2D eigenvalue weighted by atomic mass is 10.2. The molecule has 1 fully saturated rings. The lowest BCUT2D eigenvalue weighted by molar-refractivity contribution is 0.143. The second-order valence-corrected chi connectivity index (χ2v) is 8.01. The molecule has 2 aromatic heterocycles. The predicted molar refractivity (Wildman–Crippen MR) is 111 cm³/mol. The summed E-state index contributed by atoms with van der Waals surface area (Å²) in [6, 6.07) is 9.63. The molecule has 1 aliphatic heterocycles. The highest BCUT2D eigenvalue weighted by molar-refractivity contribution is 7.98. The van der Waals surface area contributed by atoms with E-state index in [2.05, 4.69) is 42.6 Å². The minimum absolute atomic E-state index is 0.0749. The number of hydrogen-bond donors (Lipinski definition) is 1. The molecule has 0 saturated carbocycles. The van der Waals surface area contributed by atoms with Crippen molar-refractivity contribution in [3.05, 3.63) is 46.7 Å². The van der Waals surface area contributed by atoms with Crippen molar-refractivity contribution in [3.63, 3.8) is 0 Å². The van der Waals surface area contributed by atoms with Crippen LogP contribution in [0.25, 0.3) is 5.69 Å². The van der Waals surface area contributed by atoms with E-state index in [0.29, 0.717) is 5.16 Å². The van der Waals surface area contributed by atoms with Crippen LogP contribution in [-0.2, 0) is 6.54 Å². The molecule has 1 N–H and O–H groups in total. The average Bonchev–Trinajstić information content (AvgIpc) is 3.40. The highest BCUT2D eigenvalue weighted by Crippen LogP contribution is 2.19. The SMILES string of the molecule is CSc1nnnn1-c1cccc(NC(=O)N2CCN(Cc3ccsc3)CC2)c1. The quantitative estimate of drug-likeness (QED) is 0.646. The first-order chi connectivity index (χ1) is 13.7. The maximum Gasteiger partial charge on any atom is 0.321 e. The molecule has 0 unspecified atom stereocenters. The van der Waals surface area contributed by atoms with Gasteiger partial charge in [0.2, 0.25) is 5.16 Å². The van der Waals surface area contributed by atoms with Crippen molar-refractivity contribution < 1.29 is 4.79 Å². The third-order valence-electron chi connectivity index (χ3n) is 4.61. The van der Waals surface area contributed by atoms with Crippen LogP contribution in [0.15, 0.2) is 46.2 Å². The number of carbonyl (C=O) groups is 1. The van der Waals surface area contributed by atoms with Crippen LogP contribution in [0, 0.1) is 0 Å². The molecule has 1 aliphatic rings. The number of piperazine rings is 1. The van der Waals surface area contributed by atoms with Crippen LogP contribution in [-0.4, -0.2) is 68.5 Å². The van der Waals surface area contributed by atoms with Crippen molar-refractivity contribution in [3.8, 4) is 5.69 Å². The summed E-state index contributed by atoms with van der Waals surface area (Å²) < 4.78 is 1.66. The molecular formula is C18H21N7OS2. The molecule has 0 aliphatic carbocycles. The fraction of sp³-hybridized carbons (Fsp3) is 0.333. The summed E-state index contributed by atoms with van der Waals surface area (Å²) in [5, 5.41) is 19.7. The highest BCUT2D eigenvalue weighted by Gasteiger charge is 2.21. The Morgan fingerprint density at radius 3 is 2.86 bits per heavy atom. The van der Waals surface area contributed by atoms with Crippen molar-refractivity contribution in [2.45, 2.75) is 11.7 Å². The molecule has 2 amide bonds. The van der Waals surface area contributed by atoms with Crippen molar-refractivity contribution in [1.82, 2.24) is 30.0 Å². The van der Waals surface area contributed by atoms with Gasteiger partial charge in [0.25, 0.3) is 0 Å². The van der Waals surface area contributed by atoms with Crippen LogP contribution >= 0.6 is 23.1 Å². The number of benzene rings is 1. The summed E-state index contributed by atoms with van der Waals surface area (Å²) in [5.74, 6) is 0. The molecule has 3 aromatic rings. The van der Waals surface area contributed by atoms with Crippen LogP contribution in [0.2, 0.25) is 0 Å². The van der Waals surface area contributed by atoms with E-state index in [4.69, 9.17) is 0 Å². The number of thiophene rings is 1. The van der Waals surface area contributed by atoms with Gasteiger partial charge in [0.15, 0.2) is 0 Å². The lowest BCUT2D eigenvalue weighted by Crippen LogP contribution is -2.49. The summed E-state index contributed by atoms with van der Waals surface area (Å²) >= 11 is 3.19. The van der Waals surface area contributed by atoms with E-state index in [-0.39, 0.29) is 6.03 Å². The molecule has 0 radical (unpaired) electrons. The number of nitrogens with one attached hydrogen (secondary N) is 1. The van der Waals surface area contributed by atoms with Crippen LogP contribution in [0.1, 0.15) is 5.56 Å². The van der Waals surface area contributed by atoms with E-state index in [1.807, 2.05) is 35.4 Å². The molecular weight excluding hydrogens is 394 g/mol. The van der Waals surface area contributed by atoms with Gasteiger partial charge in [0, 0.05) is 38.4 Å². The average molecular weight is 416 g/mol. The summed E-state index contributed by atoms with van der Waals surface area (Å²) in [7, 11) is 0. The van der Waals surface area contributed by atoms with Gasteiger partial charge in [-0.3, -0.25) is 4.90 Å². The van der Waals surface area contributed by atoms with Gasteiger partial charge >= 0.3 is 6.03 Å². The van der Waals surface area contributed by atoms with E-state index >= 15 is 0 Å². The second-order valence-electron chi connectivity index (χ2n) is 6.45.